The van der Waals surface area contributed by atoms with Crippen LogP contribution in [0, 0.1) is 11.6 Å². The Bertz CT molecular complexity index is 1090. The van der Waals surface area contributed by atoms with Crippen LogP contribution in [0.2, 0.25) is 0 Å². The van der Waals surface area contributed by atoms with Crippen molar-refractivity contribution in [3.63, 3.8) is 0 Å². The molecule has 2 amide bonds. The van der Waals surface area contributed by atoms with E-state index >= 15 is 8.78 Å². The van der Waals surface area contributed by atoms with Gasteiger partial charge in [-0.15, -0.1) is 5.10 Å². The smallest absolute Gasteiger partial charge is 0.414 e. The molecule has 0 spiro atoms. The number of nitrogens with zero attached hydrogens (tertiary/aromatic N) is 7. The molecule has 14 heteroatoms. The van der Waals surface area contributed by atoms with Gasteiger partial charge in [-0.25, -0.2) is 13.6 Å². The van der Waals surface area contributed by atoms with Gasteiger partial charge in [0.2, 0.25) is 5.91 Å². The van der Waals surface area contributed by atoms with Crippen LogP contribution in [0.5, 0.6) is 0 Å². The predicted molar refractivity (Wildman–Crippen MR) is 124 cm³/mol. The molecule has 3 aliphatic rings. The van der Waals surface area contributed by atoms with Gasteiger partial charge in [0.05, 0.1) is 38.0 Å². The van der Waals surface area contributed by atoms with Crippen molar-refractivity contribution in [3.05, 3.63) is 23.8 Å². The van der Waals surface area contributed by atoms with Crippen molar-refractivity contribution < 1.29 is 27.8 Å². The first-order valence-electron chi connectivity index (χ1n) is 12.0. The fraction of sp³-hybridized carbons (Fsp3) is 0.591. The van der Waals surface area contributed by atoms with Crippen molar-refractivity contribution >= 4 is 29.3 Å². The molecule has 0 saturated carbocycles. The SMILES string of the molecule is CC(=O)NCC1CN(c2cc(F)c(N3CCC(n4nnc(N5CCOCC5)n4)CC3)c(F)c2)C(=O)O1. The number of hydrogen-bond acceptors (Lipinski definition) is 9. The molecule has 0 aliphatic carbocycles. The van der Waals surface area contributed by atoms with Gasteiger partial charge in [0.25, 0.3) is 5.95 Å². The number of piperidine rings is 1. The summed E-state index contributed by atoms with van der Waals surface area (Å²) in [5, 5.41) is 15.4. The van der Waals surface area contributed by atoms with E-state index in [2.05, 4.69) is 20.7 Å². The number of tetrazole rings is 1. The minimum Gasteiger partial charge on any atom is -0.442 e. The molecule has 0 radical (unpaired) electrons. The number of hydrogen-bond donors (Lipinski definition) is 1. The van der Waals surface area contributed by atoms with Crippen molar-refractivity contribution in [3.8, 4) is 0 Å². The third-order valence-corrected chi connectivity index (χ3v) is 6.59. The van der Waals surface area contributed by atoms with Crippen LogP contribution in [0.15, 0.2) is 12.1 Å². The molecule has 1 N–H and O–H groups in total. The second kappa shape index (κ2) is 10.2. The van der Waals surface area contributed by atoms with E-state index in [0.717, 1.165) is 17.0 Å². The summed E-state index contributed by atoms with van der Waals surface area (Å²) in [6.45, 7) is 5.07. The maximum absolute atomic E-state index is 15.1. The van der Waals surface area contributed by atoms with Gasteiger partial charge in [-0.05, 0) is 18.1 Å². The average Bonchev–Trinajstić information content (AvgIpc) is 3.50. The molecule has 3 saturated heterocycles. The fourth-order valence-corrected chi connectivity index (χ4v) is 4.69. The summed E-state index contributed by atoms with van der Waals surface area (Å²) >= 11 is 0. The maximum Gasteiger partial charge on any atom is 0.414 e. The number of rotatable bonds is 6. The van der Waals surface area contributed by atoms with E-state index in [4.69, 9.17) is 9.47 Å². The lowest BCUT2D eigenvalue weighted by Gasteiger charge is -2.33. The van der Waals surface area contributed by atoms with Crippen LogP contribution in [0.25, 0.3) is 0 Å². The van der Waals surface area contributed by atoms with Crippen molar-refractivity contribution in [1.29, 1.82) is 0 Å². The highest BCUT2D eigenvalue weighted by molar-refractivity contribution is 5.90. The highest BCUT2D eigenvalue weighted by Crippen LogP contribution is 2.34. The first kappa shape index (κ1) is 24.2. The standard InChI is InChI=1S/C22H28F2N8O4/c1-14(33)25-12-17-13-31(22(34)36-17)16-10-18(23)20(19(24)11-16)29-4-2-15(3-5-29)32-27-21(26-28-32)30-6-8-35-9-7-30/h10-11,15,17H,2-9,12-13H2,1H3,(H,25,33). The van der Waals surface area contributed by atoms with E-state index in [9.17, 15) is 9.59 Å². The Balaban J connectivity index is 1.22. The van der Waals surface area contributed by atoms with Crippen molar-refractivity contribution in [1.82, 2.24) is 25.5 Å². The van der Waals surface area contributed by atoms with E-state index in [1.54, 1.807) is 9.70 Å². The molecule has 5 rings (SSSR count). The topological polar surface area (TPSA) is 118 Å². The molecular weight excluding hydrogens is 478 g/mol. The molecular formula is C22H28F2N8O4. The van der Waals surface area contributed by atoms with Gasteiger partial charge in [0.15, 0.2) is 11.6 Å². The van der Waals surface area contributed by atoms with Gasteiger partial charge < -0.3 is 24.6 Å². The summed E-state index contributed by atoms with van der Waals surface area (Å²) in [6, 6.07) is 2.26. The normalized spacial score (nSPS) is 21.1. The minimum atomic E-state index is -0.755. The van der Waals surface area contributed by atoms with Gasteiger partial charge in [-0.1, -0.05) is 5.10 Å². The second-order valence-electron chi connectivity index (χ2n) is 9.04. The molecule has 3 aliphatic heterocycles. The van der Waals surface area contributed by atoms with E-state index in [0.29, 0.717) is 58.2 Å². The highest BCUT2D eigenvalue weighted by atomic mass is 19.1. The zero-order chi connectivity index (χ0) is 25.2. The molecule has 1 atom stereocenters. The number of cyclic esters (lactones) is 1. The average molecular weight is 507 g/mol. The Kier molecular flexibility index (Phi) is 6.85. The lowest BCUT2D eigenvalue weighted by Crippen LogP contribution is -2.37. The molecule has 36 heavy (non-hydrogen) atoms. The summed E-state index contributed by atoms with van der Waals surface area (Å²) in [4.78, 5) is 29.7. The Morgan fingerprint density at radius 2 is 1.81 bits per heavy atom. The number of amides is 2. The van der Waals surface area contributed by atoms with Crippen LogP contribution < -0.4 is 20.0 Å². The van der Waals surface area contributed by atoms with Gasteiger partial charge in [-0.3, -0.25) is 9.69 Å². The van der Waals surface area contributed by atoms with E-state index < -0.39 is 23.8 Å². The number of halogens is 2. The van der Waals surface area contributed by atoms with E-state index in [1.807, 2.05) is 4.90 Å². The lowest BCUT2D eigenvalue weighted by molar-refractivity contribution is -0.119. The number of carbonyl (C=O) groups excluding carboxylic acids is 2. The Hall–Kier alpha value is -3.55. The summed E-state index contributed by atoms with van der Waals surface area (Å²) in [5.41, 5.74) is -0.0541. The Morgan fingerprint density at radius 3 is 2.47 bits per heavy atom. The van der Waals surface area contributed by atoms with E-state index in [-0.39, 0.29) is 36.4 Å². The van der Waals surface area contributed by atoms with Gasteiger partial charge in [-0.2, -0.15) is 4.80 Å². The Morgan fingerprint density at radius 1 is 1.11 bits per heavy atom. The van der Waals surface area contributed by atoms with Crippen LogP contribution in [0.3, 0.4) is 0 Å². The predicted octanol–water partition coefficient (Wildman–Crippen LogP) is 1.09. The second-order valence-corrected chi connectivity index (χ2v) is 9.04. The largest absolute Gasteiger partial charge is 0.442 e. The van der Waals surface area contributed by atoms with Crippen LogP contribution in [0.4, 0.5) is 30.9 Å². The van der Waals surface area contributed by atoms with Crippen molar-refractivity contribution in [2.45, 2.75) is 31.9 Å². The van der Waals surface area contributed by atoms with Crippen LogP contribution in [0.1, 0.15) is 25.8 Å². The summed E-state index contributed by atoms with van der Waals surface area (Å²) in [5.74, 6) is -1.20. The first-order valence-corrected chi connectivity index (χ1v) is 12.0. The summed E-state index contributed by atoms with van der Waals surface area (Å²) in [7, 11) is 0. The third kappa shape index (κ3) is 5.03. The molecule has 0 bridgehead atoms. The van der Waals surface area contributed by atoms with Gasteiger partial charge in [0, 0.05) is 45.2 Å². The number of nitrogens with one attached hydrogen (secondary N) is 1. The highest BCUT2D eigenvalue weighted by Gasteiger charge is 2.34. The summed E-state index contributed by atoms with van der Waals surface area (Å²) < 4.78 is 40.7. The maximum atomic E-state index is 15.1. The zero-order valence-electron chi connectivity index (χ0n) is 19.9. The van der Waals surface area contributed by atoms with Crippen LogP contribution in [-0.4, -0.2) is 90.8 Å². The van der Waals surface area contributed by atoms with Crippen molar-refractivity contribution in [2.24, 2.45) is 0 Å². The first-order chi connectivity index (χ1) is 17.4. The number of ether oxygens (including phenoxy) is 2. The zero-order valence-corrected chi connectivity index (χ0v) is 19.9. The number of benzene rings is 1. The van der Waals surface area contributed by atoms with Crippen LogP contribution >= 0.6 is 0 Å². The van der Waals surface area contributed by atoms with Gasteiger partial charge >= 0.3 is 6.09 Å². The van der Waals surface area contributed by atoms with Gasteiger partial charge in [0.1, 0.15) is 11.8 Å². The molecule has 1 aromatic heterocycles. The van der Waals surface area contributed by atoms with E-state index in [1.165, 1.54) is 6.92 Å². The molecule has 12 nitrogen and oxygen atoms in total. The third-order valence-electron chi connectivity index (χ3n) is 6.59. The molecule has 3 fully saturated rings. The molecule has 1 unspecified atom stereocenters. The van der Waals surface area contributed by atoms with Crippen molar-refractivity contribution in [2.75, 3.05) is 67.2 Å². The minimum absolute atomic E-state index is 0.0196. The quantitative estimate of drug-likeness (QED) is 0.614. The number of aromatic nitrogens is 4. The lowest BCUT2D eigenvalue weighted by atomic mass is 10.0. The van der Waals surface area contributed by atoms with Crippen LogP contribution in [-0.2, 0) is 14.3 Å². The Labute approximate surface area is 206 Å². The summed E-state index contributed by atoms with van der Waals surface area (Å²) in [6.07, 6.45) is -0.110. The molecule has 4 heterocycles. The number of morpholine rings is 1. The molecule has 1 aromatic carbocycles. The fourth-order valence-electron chi connectivity index (χ4n) is 4.69. The number of anilines is 3. The molecule has 2 aromatic rings. The number of carbonyl (C=O) groups is 2. The molecule has 194 valence electrons. The monoisotopic (exact) mass is 506 g/mol.